The number of carbonyl (C=O) groups excluding carboxylic acids is 3. The van der Waals surface area contributed by atoms with Crippen molar-refractivity contribution in [2.45, 2.75) is 50.6 Å². The van der Waals surface area contributed by atoms with Crippen molar-refractivity contribution in [1.29, 1.82) is 0 Å². The zero-order chi connectivity index (χ0) is 20.8. The molecule has 3 aliphatic heterocycles. The second-order valence-electron chi connectivity index (χ2n) is 8.57. The second-order valence-corrected chi connectivity index (χ2v) is 8.57. The highest BCUT2D eigenvalue weighted by molar-refractivity contribution is 6.27. The second kappa shape index (κ2) is 7.40. The summed E-state index contributed by atoms with van der Waals surface area (Å²) in [7, 11) is 0. The third-order valence-electron chi connectivity index (χ3n) is 6.49. The van der Waals surface area contributed by atoms with Crippen LogP contribution in [0.25, 0.3) is 10.8 Å². The molecule has 2 atom stereocenters. The monoisotopic (exact) mass is 406 g/mol. The van der Waals surface area contributed by atoms with E-state index in [1.165, 1.54) is 6.42 Å². The van der Waals surface area contributed by atoms with Gasteiger partial charge in [0.1, 0.15) is 6.04 Å². The van der Waals surface area contributed by atoms with Crippen molar-refractivity contribution >= 4 is 39.9 Å². The van der Waals surface area contributed by atoms with Crippen LogP contribution in [0.3, 0.4) is 0 Å². The molecule has 0 aliphatic carbocycles. The Morgan fingerprint density at radius 3 is 2.73 bits per heavy atom. The molecule has 2 fully saturated rings. The summed E-state index contributed by atoms with van der Waals surface area (Å²) in [4.78, 5) is 41.4. The first-order valence-corrected chi connectivity index (χ1v) is 10.8. The summed E-state index contributed by atoms with van der Waals surface area (Å²) in [5.41, 5.74) is 8.69. The molecule has 0 bridgehead atoms. The summed E-state index contributed by atoms with van der Waals surface area (Å²) < 4.78 is 0. The summed E-state index contributed by atoms with van der Waals surface area (Å²) >= 11 is 0. The van der Waals surface area contributed by atoms with Gasteiger partial charge in [-0.3, -0.25) is 24.6 Å². The molecule has 2 saturated heterocycles. The van der Waals surface area contributed by atoms with Gasteiger partial charge in [0.2, 0.25) is 11.8 Å². The number of piperidine rings is 1. The first kappa shape index (κ1) is 19.1. The van der Waals surface area contributed by atoms with E-state index in [0.29, 0.717) is 12.0 Å². The summed E-state index contributed by atoms with van der Waals surface area (Å²) in [6, 6.07) is 9.35. The summed E-state index contributed by atoms with van der Waals surface area (Å²) in [6.07, 6.45) is 5.04. The molecule has 3 N–H and O–H groups in total. The van der Waals surface area contributed by atoms with Crippen LogP contribution in [0, 0.1) is 0 Å². The number of hydrogen-bond acceptors (Lipinski definition) is 5. The molecule has 7 heteroatoms. The number of benzene rings is 2. The quantitative estimate of drug-likeness (QED) is 0.746. The van der Waals surface area contributed by atoms with Gasteiger partial charge in [-0.2, -0.15) is 0 Å². The molecule has 0 spiro atoms. The molecule has 30 heavy (non-hydrogen) atoms. The lowest BCUT2D eigenvalue weighted by molar-refractivity contribution is -0.134. The SMILES string of the molecule is NC1CCCCCN(c2cc3c4c(cccc4c2)N(C2CCC(=O)NC2=O)C3=O)C1. The molecule has 156 valence electrons. The molecule has 2 aromatic carbocycles. The number of hydrogen-bond donors (Lipinski definition) is 2. The van der Waals surface area contributed by atoms with E-state index in [1.807, 2.05) is 24.3 Å². The van der Waals surface area contributed by atoms with E-state index in [0.717, 1.165) is 54.5 Å². The Morgan fingerprint density at radius 2 is 1.90 bits per heavy atom. The molecule has 3 amide bonds. The fourth-order valence-electron chi connectivity index (χ4n) is 5.01. The van der Waals surface area contributed by atoms with Crippen LogP contribution in [0.1, 0.15) is 48.9 Å². The van der Waals surface area contributed by atoms with Gasteiger partial charge >= 0.3 is 0 Å². The number of carbonyl (C=O) groups is 3. The maximum absolute atomic E-state index is 13.4. The fraction of sp³-hybridized carbons (Fsp3) is 0.435. The van der Waals surface area contributed by atoms with Gasteiger partial charge in [0.15, 0.2) is 0 Å². The van der Waals surface area contributed by atoms with Crippen LogP contribution in [0.15, 0.2) is 30.3 Å². The van der Waals surface area contributed by atoms with Crippen LogP contribution in [0.4, 0.5) is 11.4 Å². The van der Waals surface area contributed by atoms with Gasteiger partial charge in [-0.25, -0.2) is 0 Å². The van der Waals surface area contributed by atoms with Gasteiger partial charge in [-0.15, -0.1) is 0 Å². The average molecular weight is 406 g/mol. The van der Waals surface area contributed by atoms with E-state index in [1.54, 1.807) is 4.90 Å². The Labute approximate surface area is 175 Å². The highest BCUT2D eigenvalue weighted by Gasteiger charge is 2.41. The normalized spacial score (nSPS) is 24.8. The molecule has 0 radical (unpaired) electrons. The molecule has 7 nitrogen and oxygen atoms in total. The zero-order valence-electron chi connectivity index (χ0n) is 16.9. The van der Waals surface area contributed by atoms with Crippen molar-refractivity contribution < 1.29 is 14.4 Å². The Balaban J connectivity index is 1.55. The number of nitrogens with zero attached hydrogens (tertiary/aromatic N) is 2. The standard InChI is InChI=1S/C23H26N4O3/c24-15-6-2-1-3-10-26(13-15)16-11-14-5-4-7-18-21(14)17(12-16)23(30)27(18)19-8-9-20(28)25-22(19)29/h4-5,7,11-12,15,19H,1-3,6,8-10,13,24H2,(H,25,28,29). The minimum absolute atomic E-state index is 0.122. The van der Waals surface area contributed by atoms with Gasteiger partial charge in [-0.1, -0.05) is 25.0 Å². The van der Waals surface area contributed by atoms with Crippen LogP contribution >= 0.6 is 0 Å². The maximum atomic E-state index is 13.4. The van der Waals surface area contributed by atoms with Gasteiger partial charge in [0, 0.05) is 36.6 Å². The number of nitrogens with one attached hydrogen (secondary N) is 1. The Morgan fingerprint density at radius 1 is 1.03 bits per heavy atom. The lowest BCUT2D eigenvalue weighted by Crippen LogP contribution is -2.53. The Hall–Kier alpha value is -2.93. The predicted molar refractivity (Wildman–Crippen MR) is 116 cm³/mol. The molecule has 0 saturated carbocycles. The smallest absolute Gasteiger partial charge is 0.259 e. The number of nitrogens with two attached hydrogens (primary N) is 1. The van der Waals surface area contributed by atoms with E-state index in [2.05, 4.69) is 16.3 Å². The molecule has 0 aromatic heterocycles. The lowest BCUT2D eigenvalue weighted by atomic mass is 10.0. The minimum Gasteiger partial charge on any atom is -0.370 e. The minimum atomic E-state index is -0.660. The molecule has 2 aromatic rings. The topological polar surface area (TPSA) is 95.7 Å². The first-order chi connectivity index (χ1) is 14.5. The van der Waals surface area contributed by atoms with E-state index in [-0.39, 0.29) is 24.3 Å². The van der Waals surface area contributed by atoms with Gasteiger partial charge in [0.25, 0.3) is 5.91 Å². The number of imide groups is 1. The van der Waals surface area contributed by atoms with Crippen LogP contribution < -0.4 is 20.9 Å². The Kier molecular flexibility index (Phi) is 4.70. The Bertz CT molecular complexity index is 1050. The highest BCUT2D eigenvalue weighted by Crippen LogP contribution is 2.41. The largest absolute Gasteiger partial charge is 0.370 e. The molecule has 3 aliphatic rings. The van der Waals surface area contributed by atoms with Crippen LogP contribution in [0.2, 0.25) is 0 Å². The number of amides is 3. The highest BCUT2D eigenvalue weighted by atomic mass is 16.2. The lowest BCUT2D eigenvalue weighted by Gasteiger charge is -2.30. The first-order valence-electron chi connectivity index (χ1n) is 10.8. The van der Waals surface area contributed by atoms with E-state index in [9.17, 15) is 14.4 Å². The molecular formula is C23H26N4O3. The van der Waals surface area contributed by atoms with Crippen LogP contribution in [0.5, 0.6) is 0 Å². The van der Waals surface area contributed by atoms with Crippen LogP contribution in [-0.2, 0) is 9.59 Å². The van der Waals surface area contributed by atoms with Crippen molar-refractivity contribution in [2.75, 3.05) is 22.9 Å². The van der Waals surface area contributed by atoms with E-state index >= 15 is 0 Å². The molecule has 5 rings (SSSR count). The van der Waals surface area contributed by atoms with Gasteiger partial charge < -0.3 is 10.6 Å². The number of rotatable bonds is 2. The van der Waals surface area contributed by atoms with Crippen molar-refractivity contribution in [3.05, 3.63) is 35.9 Å². The summed E-state index contributed by atoms with van der Waals surface area (Å²) in [6.45, 7) is 1.69. The van der Waals surface area contributed by atoms with Gasteiger partial charge in [-0.05, 0) is 42.8 Å². The van der Waals surface area contributed by atoms with Crippen molar-refractivity contribution in [1.82, 2.24) is 5.32 Å². The van der Waals surface area contributed by atoms with E-state index < -0.39 is 11.9 Å². The van der Waals surface area contributed by atoms with Crippen LogP contribution in [-0.4, -0.2) is 42.9 Å². The molecule has 3 heterocycles. The third kappa shape index (κ3) is 3.13. The fourth-order valence-corrected chi connectivity index (χ4v) is 5.01. The molecular weight excluding hydrogens is 380 g/mol. The third-order valence-corrected chi connectivity index (χ3v) is 6.49. The zero-order valence-corrected chi connectivity index (χ0v) is 16.9. The summed E-state index contributed by atoms with van der Waals surface area (Å²) in [5.74, 6) is -0.859. The average Bonchev–Trinajstić information content (AvgIpc) is 2.98. The number of anilines is 2. The molecule has 2 unspecified atom stereocenters. The van der Waals surface area contributed by atoms with Crippen molar-refractivity contribution in [2.24, 2.45) is 5.73 Å². The van der Waals surface area contributed by atoms with Crippen molar-refractivity contribution in [3.8, 4) is 0 Å². The van der Waals surface area contributed by atoms with Crippen molar-refractivity contribution in [3.63, 3.8) is 0 Å². The summed E-state index contributed by atoms with van der Waals surface area (Å²) in [5, 5.41) is 4.24. The van der Waals surface area contributed by atoms with E-state index in [4.69, 9.17) is 5.73 Å². The predicted octanol–water partition coefficient (Wildman–Crippen LogP) is 2.31. The maximum Gasteiger partial charge on any atom is 0.259 e. The van der Waals surface area contributed by atoms with Gasteiger partial charge in [0.05, 0.1) is 11.3 Å².